The highest BCUT2D eigenvalue weighted by molar-refractivity contribution is 6.30. The van der Waals surface area contributed by atoms with E-state index in [1.165, 1.54) is 25.5 Å². The lowest BCUT2D eigenvalue weighted by atomic mass is 10.2. The number of unbranched alkanes of at least 4 members (excludes halogenated alkanes) is 3. The molecule has 3 aromatic rings. The Hall–Kier alpha value is -3.71. The fraction of sp³-hybridized carbons (Fsp3) is 0.310. The number of benzene rings is 3. The minimum atomic E-state index is -0.352. The van der Waals surface area contributed by atoms with Crippen molar-refractivity contribution in [2.24, 2.45) is 5.10 Å². The molecule has 0 saturated heterocycles. The molecule has 0 heterocycles. The van der Waals surface area contributed by atoms with E-state index in [0.717, 1.165) is 30.1 Å². The molecule has 1 N–H and O–H groups in total. The van der Waals surface area contributed by atoms with Gasteiger partial charge in [-0.2, -0.15) is 5.10 Å². The van der Waals surface area contributed by atoms with Gasteiger partial charge in [0.2, 0.25) is 0 Å². The summed E-state index contributed by atoms with van der Waals surface area (Å²) >= 11 is 5.92. The molecule has 0 spiro atoms. The van der Waals surface area contributed by atoms with Crippen LogP contribution in [-0.4, -0.2) is 39.1 Å². The van der Waals surface area contributed by atoms with Gasteiger partial charge in [-0.3, -0.25) is 4.79 Å². The van der Waals surface area contributed by atoms with E-state index in [9.17, 15) is 4.79 Å². The maximum absolute atomic E-state index is 12.2. The van der Waals surface area contributed by atoms with Crippen LogP contribution in [0.5, 0.6) is 23.0 Å². The molecule has 8 heteroatoms. The minimum absolute atomic E-state index is 0.342. The summed E-state index contributed by atoms with van der Waals surface area (Å²) in [6, 6.07) is 19.6. The highest BCUT2D eigenvalue weighted by Crippen LogP contribution is 2.27. The van der Waals surface area contributed by atoms with Crippen molar-refractivity contribution in [1.82, 2.24) is 5.43 Å². The molecule has 37 heavy (non-hydrogen) atoms. The Balaban J connectivity index is 1.41. The molecule has 0 aliphatic carbocycles. The fourth-order valence-corrected chi connectivity index (χ4v) is 3.60. The molecule has 0 unspecified atom stereocenters. The Morgan fingerprint density at radius 2 is 1.59 bits per heavy atom. The molecule has 196 valence electrons. The van der Waals surface area contributed by atoms with Crippen molar-refractivity contribution < 1.29 is 23.7 Å². The standard InChI is InChI=1S/C29H33ClN2O5/c1-3-4-5-6-16-35-25-11-13-26(14-12-25)36-17-18-37-27-15-10-22(19-28(27)34-2)21-31-32-29(33)23-8-7-9-24(30)20-23/h7-15,19-21H,3-6,16-18H2,1-2H3,(H,32,33)/b31-21-. The van der Waals surface area contributed by atoms with Crippen LogP contribution < -0.4 is 24.4 Å². The number of nitrogens with one attached hydrogen (secondary N) is 1. The second kappa shape index (κ2) is 15.4. The highest BCUT2D eigenvalue weighted by Gasteiger charge is 2.07. The number of methoxy groups -OCH3 is 1. The van der Waals surface area contributed by atoms with Crippen molar-refractivity contribution in [2.45, 2.75) is 32.6 Å². The summed E-state index contributed by atoms with van der Waals surface area (Å²) in [5.41, 5.74) is 3.64. The Kier molecular flexibility index (Phi) is 11.6. The summed E-state index contributed by atoms with van der Waals surface area (Å²) in [5, 5.41) is 4.49. The van der Waals surface area contributed by atoms with Gasteiger partial charge in [-0.25, -0.2) is 5.43 Å². The van der Waals surface area contributed by atoms with Gasteiger partial charge in [0, 0.05) is 10.6 Å². The molecular weight excluding hydrogens is 492 g/mol. The van der Waals surface area contributed by atoms with Crippen LogP contribution in [0.25, 0.3) is 0 Å². The molecule has 0 saturated carbocycles. The van der Waals surface area contributed by atoms with E-state index in [-0.39, 0.29) is 5.91 Å². The fourth-order valence-electron chi connectivity index (χ4n) is 3.41. The van der Waals surface area contributed by atoms with Gasteiger partial charge in [-0.05, 0) is 72.6 Å². The largest absolute Gasteiger partial charge is 0.494 e. The molecule has 3 aromatic carbocycles. The normalized spacial score (nSPS) is 10.8. The van der Waals surface area contributed by atoms with E-state index >= 15 is 0 Å². The third-order valence-corrected chi connectivity index (χ3v) is 5.59. The monoisotopic (exact) mass is 524 g/mol. The molecule has 3 rings (SSSR count). The molecule has 0 fully saturated rings. The molecule has 0 bridgehead atoms. The van der Waals surface area contributed by atoms with Gasteiger partial charge < -0.3 is 18.9 Å². The van der Waals surface area contributed by atoms with Crippen LogP contribution in [0.1, 0.15) is 48.5 Å². The van der Waals surface area contributed by atoms with Crippen LogP contribution in [0, 0.1) is 0 Å². The number of nitrogens with zero attached hydrogens (tertiary/aromatic N) is 1. The minimum Gasteiger partial charge on any atom is -0.494 e. The number of ether oxygens (including phenoxy) is 4. The van der Waals surface area contributed by atoms with E-state index in [4.69, 9.17) is 30.5 Å². The maximum atomic E-state index is 12.2. The van der Waals surface area contributed by atoms with Gasteiger partial charge in [0.15, 0.2) is 11.5 Å². The van der Waals surface area contributed by atoms with Crippen LogP contribution >= 0.6 is 11.6 Å². The lowest BCUT2D eigenvalue weighted by Gasteiger charge is -2.12. The summed E-state index contributed by atoms with van der Waals surface area (Å²) in [5.74, 6) is 2.37. The van der Waals surface area contributed by atoms with E-state index in [1.54, 1.807) is 43.5 Å². The van der Waals surface area contributed by atoms with E-state index in [2.05, 4.69) is 17.5 Å². The van der Waals surface area contributed by atoms with Crippen LogP contribution in [-0.2, 0) is 0 Å². The number of rotatable bonds is 15. The van der Waals surface area contributed by atoms with Crippen LogP contribution in [0.15, 0.2) is 71.8 Å². The van der Waals surface area contributed by atoms with Crippen LogP contribution in [0.4, 0.5) is 0 Å². The van der Waals surface area contributed by atoms with Gasteiger partial charge in [0.05, 0.1) is 19.9 Å². The number of halogens is 1. The zero-order valence-corrected chi connectivity index (χ0v) is 22.0. The first kappa shape index (κ1) is 27.9. The maximum Gasteiger partial charge on any atom is 0.271 e. The number of carbonyl (C=O) groups is 1. The molecule has 0 aromatic heterocycles. The average Bonchev–Trinajstić information content (AvgIpc) is 2.92. The molecule has 7 nitrogen and oxygen atoms in total. The van der Waals surface area contributed by atoms with Gasteiger partial charge in [0.1, 0.15) is 24.7 Å². The van der Waals surface area contributed by atoms with Crippen molar-refractivity contribution in [1.29, 1.82) is 0 Å². The summed E-state index contributed by atoms with van der Waals surface area (Å²) in [6.07, 6.45) is 6.25. The Morgan fingerprint density at radius 3 is 2.30 bits per heavy atom. The second-order valence-electron chi connectivity index (χ2n) is 8.20. The topological polar surface area (TPSA) is 78.4 Å². The van der Waals surface area contributed by atoms with E-state index in [1.807, 2.05) is 30.3 Å². The van der Waals surface area contributed by atoms with Crippen molar-refractivity contribution in [3.63, 3.8) is 0 Å². The number of hydrazone groups is 1. The number of hydrogen-bond donors (Lipinski definition) is 1. The third-order valence-electron chi connectivity index (χ3n) is 5.35. The van der Waals surface area contributed by atoms with Crippen LogP contribution in [0.2, 0.25) is 5.02 Å². The Bertz CT molecular complexity index is 1150. The lowest BCUT2D eigenvalue weighted by Crippen LogP contribution is -2.17. The summed E-state index contributed by atoms with van der Waals surface area (Å²) in [4.78, 5) is 12.2. The first-order valence-corrected chi connectivity index (χ1v) is 12.7. The first-order chi connectivity index (χ1) is 18.1. The van der Waals surface area contributed by atoms with Crippen molar-refractivity contribution >= 4 is 23.7 Å². The van der Waals surface area contributed by atoms with E-state index in [0.29, 0.717) is 35.3 Å². The second-order valence-corrected chi connectivity index (χ2v) is 8.63. The lowest BCUT2D eigenvalue weighted by molar-refractivity contribution is 0.0955. The quantitative estimate of drug-likeness (QED) is 0.139. The van der Waals surface area contributed by atoms with Gasteiger partial charge >= 0.3 is 0 Å². The molecule has 0 atom stereocenters. The summed E-state index contributed by atoms with van der Waals surface area (Å²) in [6.45, 7) is 3.65. The average molecular weight is 525 g/mol. The highest BCUT2D eigenvalue weighted by atomic mass is 35.5. The Morgan fingerprint density at radius 1 is 0.865 bits per heavy atom. The predicted molar refractivity (Wildman–Crippen MR) is 147 cm³/mol. The predicted octanol–water partition coefficient (Wildman–Crippen LogP) is 6.53. The van der Waals surface area contributed by atoms with Gasteiger partial charge in [-0.1, -0.05) is 43.9 Å². The molecule has 0 aliphatic rings. The van der Waals surface area contributed by atoms with Crippen molar-refractivity contribution in [2.75, 3.05) is 26.9 Å². The Labute approximate surface area is 223 Å². The molecule has 1 amide bonds. The summed E-state index contributed by atoms with van der Waals surface area (Å²) in [7, 11) is 1.56. The van der Waals surface area contributed by atoms with Crippen LogP contribution in [0.3, 0.4) is 0 Å². The zero-order valence-electron chi connectivity index (χ0n) is 21.2. The zero-order chi connectivity index (χ0) is 26.3. The molecule has 0 radical (unpaired) electrons. The van der Waals surface area contributed by atoms with Crippen molar-refractivity contribution in [3.8, 4) is 23.0 Å². The van der Waals surface area contributed by atoms with Crippen molar-refractivity contribution in [3.05, 3.63) is 82.9 Å². The molecular formula is C29H33ClN2O5. The smallest absolute Gasteiger partial charge is 0.271 e. The van der Waals surface area contributed by atoms with E-state index < -0.39 is 0 Å². The third kappa shape index (κ3) is 9.69. The number of carbonyl (C=O) groups excluding carboxylic acids is 1. The number of amides is 1. The summed E-state index contributed by atoms with van der Waals surface area (Å²) < 4.78 is 22.8. The number of hydrogen-bond acceptors (Lipinski definition) is 6. The van der Waals surface area contributed by atoms with Gasteiger partial charge in [0.25, 0.3) is 5.91 Å². The van der Waals surface area contributed by atoms with Gasteiger partial charge in [-0.15, -0.1) is 0 Å². The molecule has 0 aliphatic heterocycles. The SMILES string of the molecule is CCCCCCOc1ccc(OCCOc2ccc(/C=N\NC(=O)c3cccc(Cl)c3)cc2OC)cc1. The first-order valence-electron chi connectivity index (χ1n) is 12.3.